The molecule has 1 aliphatic rings. The molecule has 0 N–H and O–H groups in total. The van der Waals surface area contributed by atoms with Gasteiger partial charge in [-0.25, -0.2) is 9.18 Å². The van der Waals surface area contributed by atoms with Crippen molar-refractivity contribution in [2.24, 2.45) is 0 Å². The molecule has 8 nitrogen and oxygen atoms in total. The van der Waals surface area contributed by atoms with Crippen molar-refractivity contribution in [3.8, 4) is 5.75 Å². The summed E-state index contributed by atoms with van der Waals surface area (Å²) in [6.07, 6.45) is -1.09. The number of rotatable bonds is 12. The van der Waals surface area contributed by atoms with E-state index in [2.05, 4.69) is 0 Å². The van der Waals surface area contributed by atoms with Gasteiger partial charge in [0.15, 0.2) is 0 Å². The van der Waals surface area contributed by atoms with Gasteiger partial charge in [-0.2, -0.15) is 4.39 Å². The molecule has 0 bridgehead atoms. The van der Waals surface area contributed by atoms with E-state index >= 15 is 0 Å². The van der Waals surface area contributed by atoms with Gasteiger partial charge in [-0.3, -0.25) is 13.9 Å². The molecule has 0 unspecified atom stereocenters. The van der Waals surface area contributed by atoms with Crippen molar-refractivity contribution in [1.82, 2.24) is 9.13 Å². The van der Waals surface area contributed by atoms with E-state index in [4.69, 9.17) is 18.9 Å². The highest BCUT2D eigenvalue weighted by atomic mass is 19.1. The predicted octanol–water partition coefficient (Wildman–Crippen LogP) is 4.64. The maximum atomic E-state index is 14.9. The van der Waals surface area contributed by atoms with E-state index in [-0.39, 0.29) is 32.8 Å². The van der Waals surface area contributed by atoms with Crippen LogP contribution in [0.5, 0.6) is 5.75 Å². The van der Waals surface area contributed by atoms with Gasteiger partial charge >= 0.3 is 5.69 Å². The third-order valence-electron chi connectivity index (χ3n) is 7.32. The van der Waals surface area contributed by atoms with Crippen LogP contribution in [0.4, 0.5) is 8.78 Å². The molecule has 5 rings (SSSR count). The second-order valence-corrected chi connectivity index (χ2v) is 10.2. The lowest BCUT2D eigenvalue weighted by Crippen LogP contribution is -2.48. The second kappa shape index (κ2) is 13.2. The van der Waals surface area contributed by atoms with Gasteiger partial charge in [0, 0.05) is 6.42 Å². The van der Waals surface area contributed by atoms with Crippen LogP contribution in [0.25, 0.3) is 0 Å². The van der Waals surface area contributed by atoms with Crippen molar-refractivity contribution in [3.63, 3.8) is 0 Å². The fourth-order valence-electron chi connectivity index (χ4n) is 5.00. The molecule has 1 fully saturated rings. The minimum Gasteiger partial charge on any atom is -0.497 e. The molecule has 0 amide bonds. The average Bonchev–Trinajstić information content (AvgIpc) is 3.39. The number of hydrogen-bond donors (Lipinski definition) is 0. The Balaban J connectivity index is 1.42. The summed E-state index contributed by atoms with van der Waals surface area (Å²) in [7, 11) is 1.52. The van der Waals surface area contributed by atoms with Crippen LogP contribution in [0.15, 0.2) is 101 Å². The molecule has 4 aromatic rings. The number of halogens is 2. The van der Waals surface area contributed by atoms with Gasteiger partial charge in [-0.15, -0.1) is 0 Å². The van der Waals surface area contributed by atoms with Gasteiger partial charge in [-0.1, -0.05) is 72.8 Å². The van der Waals surface area contributed by atoms with E-state index in [9.17, 15) is 18.4 Å². The average molecular weight is 579 g/mol. The first kappa shape index (κ1) is 29.4. The third-order valence-corrected chi connectivity index (χ3v) is 7.32. The van der Waals surface area contributed by atoms with E-state index in [1.807, 2.05) is 60.7 Å². The molecular weight excluding hydrogens is 546 g/mol. The van der Waals surface area contributed by atoms with Crippen LogP contribution in [0, 0.1) is 5.82 Å². The Morgan fingerprint density at radius 1 is 0.905 bits per heavy atom. The molecule has 0 aliphatic carbocycles. The highest BCUT2D eigenvalue weighted by molar-refractivity contribution is 5.27. The van der Waals surface area contributed by atoms with Gasteiger partial charge in [0.25, 0.3) is 5.56 Å². The number of alkyl halides is 1. The Kier molecular flexibility index (Phi) is 9.26. The summed E-state index contributed by atoms with van der Waals surface area (Å²) in [6, 6.07) is 25.5. The monoisotopic (exact) mass is 578 g/mol. The van der Waals surface area contributed by atoms with Crippen molar-refractivity contribution in [1.29, 1.82) is 0 Å². The standard InChI is InChI=1S/C32H32F2N2O6/c1-39-26-14-12-23(13-15-26)17-36-30(37)27(34)18-35(31(36)38)29-16-28(41-20-25-10-6-3-7-11-25)32(21-33,42-29)22-40-19-24-8-4-2-5-9-24/h2-15,18,28-29H,16-17,19-22H2,1H3/t28-,29+,32+/m0/s1. The second-order valence-electron chi connectivity index (χ2n) is 10.2. The molecule has 2 heterocycles. The van der Waals surface area contributed by atoms with E-state index in [0.717, 1.165) is 26.5 Å². The Morgan fingerprint density at radius 3 is 2.17 bits per heavy atom. The van der Waals surface area contributed by atoms with Crippen molar-refractivity contribution < 1.29 is 27.7 Å². The van der Waals surface area contributed by atoms with Crippen LogP contribution in [-0.4, -0.2) is 41.2 Å². The summed E-state index contributed by atoms with van der Waals surface area (Å²) in [5.74, 6) is -0.535. The van der Waals surface area contributed by atoms with Gasteiger partial charge in [-0.05, 0) is 28.8 Å². The SMILES string of the molecule is COc1ccc(Cn2c(=O)c(F)cn([C@H]3C[C@H](OCc4ccccc4)[C@@](CF)(COCc4ccccc4)O3)c2=O)cc1. The van der Waals surface area contributed by atoms with Crippen molar-refractivity contribution >= 4 is 0 Å². The maximum Gasteiger partial charge on any atom is 0.333 e. The number of ether oxygens (including phenoxy) is 4. The maximum absolute atomic E-state index is 14.9. The number of methoxy groups -OCH3 is 1. The summed E-state index contributed by atoms with van der Waals surface area (Å²) in [4.78, 5) is 26.2. The summed E-state index contributed by atoms with van der Waals surface area (Å²) >= 11 is 0. The van der Waals surface area contributed by atoms with Gasteiger partial charge in [0.05, 0.1) is 45.8 Å². The van der Waals surface area contributed by atoms with Crippen molar-refractivity contribution in [2.45, 2.75) is 44.1 Å². The summed E-state index contributed by atoms with van der Waals surface area (Å²) in [5.41, 5.74) is -1.06. The van der Waals surface area contributed by atoms with Crippen LogP contribution < -0.4 is 16.0 Å². The minimum absolute atomic E-state index is 0.0333. The van der Waals surface area contributed by atoms with Gasteiger partial charge < -0.3 is 18.9 Å². The lowest BCUT2D eigenvalue weighted by atomic mass is 9.99. The highest BCUT2D eigenvalue weighted by Gasteiger charge is 2.51. The molecule has 0 radical (unpaired) electrons. The summed E-state index contributed by atoms with van der Waals surface area (Å²) < 4.78 is 55.0. The largest absolute Gasteiger partial charge is 0.497 e. The predicted molar refractivity (Wildman–Crippen MR) is 152 cm³/mol. The smallest absolute Gasteiger partial charge is 0.333 e. The van der Waals surface area contributed by atoms with E-state index < -0.39 is 41.7 Å². The third kappa shape index (κ3) is 6.51. The lowest BCUT2D eigenvalue weighted by molar-refractivity contribution is -0.165. The quantitative estimate of drug-likeness (QED) is 0.244. The molecule has 0 saturated carbocycles. The number of benzene rings is 3. The van der Waals surface area contributed by atoms with Crippen LogP contribution >= 0.6 is 0 Å². The molecule has 220 valence electrons. The Bertz CT molecular complexity index is 1580. The molecule has 1 aromatic heterocycles. The Morgan fingerprint density at radius 2 is 1.55 bits per heavy atom. The zero-order valence-corrected chi connectivity index (χ0v) is 23.2. The molecule has 10 heteroatoms. The molecular formula is C32H32F2N2O6. The van der Waals surface area contributed by atoms with E-state index in [1.54, 1.807) is 24.3 Å². The Hall–Kier alpha value is -4.12. The van der Waals surface area contributed by atoms with Crippen molar-refractivity contribution in [2.75, 3.05) is 20.4 Å². The van der Waals surface area contributed by atoms with Gasteiger partial charge in [0.2, 0.25) is 5.82 Å². The normalized spacial score (nSPS) is 20.1. The molecule has 0 spiro atoms. The number of nitrogens with zero attached hydrogens (tertiary/aromatic N) is 2. The topological polar surface area (TPSA) is 80.9 Å². The van der Waals surface area contributed by atoms with E-state index in [1.165, 1.54) is 7.11 Å². The molecule has 3 aromatic carbocycles. The number of hydrogen-bond acceptors (Lipinski definition) is 6. The first-order valence-electron chi connectivity index (χ1n) is 13.6. The van der Waals surface area contributed by atoms with E-state index in [0.29, 0.717) is 11.3 Å². The van der Waals surface area contributed by atoms with Crippen LogP contribution in [-0.2, 0) is 34.0 Å². The first-order chi connectivity index (χ1) is 20.4. The molecule has 42 heavy (non-hydrogen) atoms. The first-order valence-corrected chi connectivity index (χ1v) is 13.6. The summed E-state index contributed by atoms with van der Waals surface area (Å²) in [6.45, 7) is -0.933. The fraction of sp³-hybridized carbons (Fsp3) is 0.312. The molecule has 3 atom stereocenters. The van der Waals surface area contributed by atoms with Crippen LogP contribution in [0.1, 0.15) is 29.3 Å². The zero-order chi connectivity index (χ0) is 29.5. The van der Waals surface area contributed by atoms with Crippen LogP contribution in [0.2, 0.25) is 0 Å². The highest BCUT2D eigenvalue weighted by Crippen LogP contribution is 2.39. The lowest BCUT2D eigenvalue weighted by Gasteiger charge is -2.31. The van der Waals surface area contributed by atoms with Gasteiger partial charge in [0.1, 0.15) is 24.3 Å². The molecule has 1 saturated heterocycles. The van der Waals surface area contributed by atoms with Crippen molar-refractivity contribution in [3.05, 3.63) is 134 Å². The van der Waals surface area contributed by atoms with Crippen LogP contribution in [0.3, 0.4) is 0 Å². The minimum atomic E-state index is -1.57. The fourth-order valence-corrected chi connectivity index (χ4v) is 5.00. The zero-order valence-electron chi connectivity index (χ0n) is 23.2. The molecule has 1 aliphatic heterocycles. The summed E-state index contributed by atoms with van der Waals surface area (Å²) in [5, 5.41) is 0. The Labute approximate surface area is 241 Å². The number of aromatic nitrogens is 2.